The normalized spacial score (nSPS) is 24.1. The van der Waals surface area contributed by atoms with E-state index in [0.29, 0.717) is 23.9 Å². The number of pyridine rings is 1. The summed E-state index contributed by atoms with van der Waals surface area (Å²) in [4.78, 5) is 19.4. The van der Waals surface area contributed by atoms with Crippen LogP contribution in [0.2, 0.25) is 5.15 Å². The van der Waals surface area contributed by atoms with Crippen LogP contribution in [-0.2, 0) is 11.3 Å². The maximum absolute atomic E-state index is 11.5. The molecule has 1 saturated heterocycles. The maximum Gasteiger partial charge on any atom is 0.286 e. The Morgan fingerprint density at radius 2 is 2.26 bits per heavy atom. The van der Waals surface area contributed by atoms with E-state index in [-0.39, 0.29) is 22.8 Å². The number of ether oxygens (including phenoxy) is 1. The number of hydrogen-bond acceptors (Lipinski definition) is 6. The van der Waals surface area contributed by atoms with Gasteiger partial charge in [0.25, 0.3) is 5.70 Å². The maximum atomic E-state index is 11.5. The van der Waals surface area contributed by atoms with Gasteiger partial charge in [-0.3, -0.25) is 10.1 Å². The van der Waals surface area contributed by atoms with Gasteiger partial charge in [0, 0.05) is 45.3 Å². The highest BCUT2D eigenvalue weighted by Gasteiger charge is 2.44. The molecule has 2 unspecified atom stereocenters. The smallest absolute Gasteiger partial charge is 0.286 e. The molecular weight excluding hydrogens is 320 g/mol. The summed E-state index contributed by atoms with van der Waals surface area (Å²) in [5.74, 6) is 0.760. The first-order chi connectivity index (χ1) is 11.0. The lowest BCUT2D eigenvalue weighted by Gasteiger charge is -2.37. The van der Waals surface area contributed by atoms with Crippen molar-refractivity contribution in [3.63, 3.8) is 0 Å². The summed E-state index contributed by atoms with van der Waals surface area (Å²) < 4.78 is 5.57. The number of nitrogens with zero attached hydrogens (tertiary/aromatic N) is 4. The van der Waals surface area contributed by atoms with E-state index in [0.717, 1.165) is 18.7 Å². The number of rotatable bonds is 4. The van der Waals surface area contributed by atoms with Gasteiger partial charge in [0.2, 0.25) is 0 Å². The Kier molecular flexibility index (Phi) is 4.41. The molecule has 0 N–H and O–H groups in total. The van der Waals surface area contributed by atoms with Crippen molar-refractivity contribution in [1.82, 2.24) is 14.8 Å². The summed E-state index contributed by atoms with van der Waals surface area (Å²) in [7, 11) is 1.65. The Balaban J connectivity index is 1.92. The van der Waals surface area contributed by atoms with Crippen molar-refractivity contribution in [2.24, 2.45) is 5.92 Å². The largest absolute Gasteiger partial charge is 0.361 e. The standard InChI is InChI=1S/C15H19ClN4O3/c1-10-7-12(20(21)22)14-18(5-6-19(14)15(10)23-2)9-11-3-4-13(16)17-8-11/h3-4,8,10,15H,5-7,9H2,1-2H3. The van der Waals surface area contributed by atoms with Gasteiger partial charge in [0.1, 0.15) is 11.4 Å². The minimum Gasteiger partial charge on any atom is -0.361 e. The van der Waals surface area contributed by atoms with E-state index in [1.807, 2.05) is 22.8 Å². The number of hydrogen-bond donors (Lipinski definition) is 0. The molecule has 1 aromatic heterocycles. The molecule has 2 aliphatic rings. The van der Waals surface area contributed by atoms with Crippen LogP contribution in [0.1, 0.15) is 18.9 Å². The van der Waals surface area contributed by atoms with Crippen LogP contribution in [0.4, 0.5) is 0 Å². The minimum absolute atomic E-state index is 0.0845. The molecule has 2 aliphatic heterocycles. The molecule has 7 nitrogen and oxygen atoms in total. The molecule has 0 aliphatic carbocycles. The molecular formula is C15H19ClN4O3. The predicted molar refractivity (Wildman–Crippen MR) is 85.0 cm³/mol. The van der Waals surface area contributed by atoms with Gasteiger partial charge in [-0.25, -0.2) is 4.98 Å². The topological polar surface area (TPSA) is 71.7 Å². The molecule has 3 heterocycles. The van der Waals surface area contributed by atoms with Gasteiger partial charge in [-0.1, -0.05) is 24.6 Å². The Morgan fingerprint density at radius 1 is 1.48 bits per heavy atom. The van der Waals surface area contributed by atoms with E-state index in [2.05, 4.69) is 4.98 Å². The predicted octanol–water partition coefficient (Wildman–Crippen LogP) is 2.31. The zero-order valence-corrected chi connectivity index (χ0v) is 13.9. The van der Waals surface area contributed by atoms with E-state index < -0.39 is 0 Å². The second-order valence-corrected chi connectivity index (χ2v) is 6.33. The number of allylic oxidation sites excluding steroid dienone is 1. The number of aromatic nitrogens is 1. The molecule has 0 amide bonds. The van der Waals surface area contributed by atoms with Crippen LogP contribution >= 0.6 is 11.6 Å². The molecule has 124 valence electrons. The molecule has 0 saturated carbocycles. The monoisotopic (exact) mass is 338 g/mol. The number of nitro groups is 1. The zero-order valence-electron chi connectivity index (χ0n) is 13.1. The van der Waals surface area contributed by atoms with Gasteiger partial charge in [0.05, 0.1) is 4.92 Å². The van der Waals surface area contributed by atoms with Gasteiger partial charge >= 0.3 is 0 Å². The molecule has 0 radical (unpaired) electrons. The van der Waals surface area contributed by atoms with E-state index in [4.69, 9.17) is 16.3 Å². The van der Waals surface area contributed by atoms with Crippen LogP contribution in [0.5, 0.6) is 0 Å². The lowest BCUT2D eigenvalue weighted by molar-refractivity contribution is -0.435. The lowest BCUT2D eigenvalue weighted by atomic mass is 9.98. The molecule has 0 aromatic carbocycles. The molecule has 2 atom stereocenters. The van der Waals surface area contributed by atoms with Crippen molar-refractivity contribution in [3.05, 3.63) is 50.7 Å². The van der Waals surface area contributed by atoms with Crippen LogP contribution in [0.25, 0.3) is 0 Å². The molecule has 23 heavy (non-hydrogen) atoms. The van der Waals surface area contributed by atoms with Crippen LogP contribution < -0.4 is 0 Å². The SMILES string of the molecule is COC1C(C)CC([N+](=O)[O-])=C2N(Cc3ccc(Cl)nc3)CCN21. The Morgan fingerprint density at radius 3 is 2.87 bits per heavy atom. The molecule has 1 aromatic rings. The first kappa shape index (κ1) is 16.0. The van der Waals surface area contributed by atoms with Crippen LogP contribution in [-0.4, -0.2) is 46.1 Å². The van der Waals surface area contributed by atoms with Crippen molar-refractivity contribution in [2.45, 2.75) is 26.1 Å². The van der Waals surface area contributed by atoms with Crippen molar-refractivity contribution in [2.75, 3.05) is 20.2 Å². The first-order valence-electron chi connectivity index (χ1n) is 7.53. The average Bonchev–Trinajstić information content (AvgIpc) is 2.92. The second kappa shape index (κ2) is 6.33. The molecule has 8 heteroatoms. The van der Waals surface area contributed by atoms with E-state index in [1.54, 1.807) is 19.4 Å². The second-order valence-electron chi connectivity index (χ2n) is 5.94. The summed E-state index contributed by atoms with van der Waals surface area (Å²) in [6.45, 7) is 4.00. The number of methoxy groups -OCH3 is 1. The van der Waals surface area contributed by atoms with Crippen LogP contribution in [0, 0.1) is 16.0 Å². The third-order valence-corrected chi connectivity index (χ3v) is 4.60. The fraction of sp³-hybridized carbons (Fsp3) is 0.533. The van der Waals surface area contributed by atoms with Gasteiger partial charge in [-0.2, -0.15) is 0 Å². The third-order valence-electron chi connectivity index (χ3n) is 4.37. The quantitative estimate of drug-likeness (QED) is 0.476. The van der Waals surface area contributed by atoms with E-state index in [9.17, 15) is 10.1 Å². The van der Waals surface area contributed by atoms with Crippen molar-refractivity contribution in [3.8, 4) is 0 Å². The Labute approximate surface area is 139 Å². The summed E-state index contributed by atoms with van der Waals surface area (Å²) >= 11 is 5.81. The Hall–Kier alpha value is -1.86. The highest BCUT2D eigenvalue weighted by atomic mass is 35.5. The lowest BCUT2D eigenvalue weighted by Crippen LogP contribution is -2.44. The zero-order chi connectivity index (χ0) is 16.6. The number of fused-ring (bicyclic) bond motifs is 1. The van der Waals surface area contributed by atoms with E-state index in [1.165, 1.54) is 0 Å². The minimum atomic E-state index is -0.261. The molecule has 0 spiro atoms. The van der Waals surface area contributed by atoms with Crippen LogP contribution in [0.3, 0.4) is 0 Å². The fourth-order valence-electron chi connectivity index (χ4n) is 3.41. The molecule has 0 bridgehead atoms. The fourth-order valence-corrected chi connectivity index (χ4v) is 3.52. The van der Waals surface area contributed by atoms with Gasteiger partial charge in [-0.05, 0) is 11.6 Å². The van der Waals surface area contributed by atoms with E-state index >= 15 is 0 Å². The summed E-state index contributed by atoms with van der Waals surface area (Å²) in [6.07, 6.45) is 1.99. The van der Waals surface area contributed by atoms with Crippen LogP contribution in [0.15, 0.2) is 29.8 Å². The van der Waals surface area contributed by atoms with Crippen molar-refractivity contribution >= 4 is 11.6 Å². The summed E-state index contributed by atoms with van der Waals surface area (Å²) in [6, 6.07) is 3.62. The highest BCUT2D eigenvalue weighted by molar-refractivity contribution is 6.29. The van der Waals surface area contributed by atoms with Gasteiger partial charge in [-0.15, -0.1) is 0 Å². The Bertz CT molecular complexity index is 634. The summed E-state index contributed by atoms with van der Waals surface area (Å²) in [5, 5.41) is 11.9. The molecule has 3 rings (SSSR count). The summed E-state index contributed by atoms with van der Waals surface area (Å²) in [5.41, 5.74) is 1.24. The molecule has 1 fully saturated rings. The van der Waals surface area contributed by atoms with Gasteiger partial charge in [0.15, 0.2) is 5.82 Å². The third kappa shape index (κ3) is 2.98. The first-order valence-corrected chi connectivity index (χ1v) is 7.91. The van der Waals surface area contributed by atoms with Crippen molar-refractivity contribution in [1.29, 1.82) is 0 Å². The van der Waals surface area contributed by atoms with Gasteiger partial charge < -0.3 is 14.5 Å². The average molecular weight is 339 g/mol. The highest BCUT2D eigenvalue weighted by Crippen LogP contribution is 2.37. The van der Waals surface area contributed by atoms with Crippen molar-refractivity contribution < 1.29 is 9.66 Å². The number of halogens is 1.